The molecule has 1 heterocycles. The number of carbonyl (C=O) groups excluding carboxylic acids is 1. The van der Waals surface area contributed by atoms with Crippen molar-refractivity contribution in [2.45, 2.75) is 13.8 Å². The van der Waals surface area contributed by atoms with E-state index in [0.717, 1.165) is 37.4 Å². The minimum Gasteiger partial charge on any atom is -0.367 e. The van der Waals surface area contributed by atoms with Gasteiger partial charge in [-0.15, -0.1) is 0 Å². The first-order valence-corrected chi connectivity index (χ1v) is 6.60. The molecule has 0 unspecified atom stereocenters. The van der Waals surface area contributed by atoms with Gasteiger partial charge in [-0.1, -0.05) is 26.0 Å². The first-order valence-electron chi connectivity index (χ1n) is 6.60. The van der Waals surface area contributed by atoms with Crippen LogP contribution in [0.2, 0.25) is 0 Å². The molecule has 18 heavy (non-hydrogen) atoms. The van der Waals surface area contributed by atoms with E-state index in [1.54, 1.807) is 0 Å². The molecule has 2 rings (SSSR count). The normalized spacial score (nSPS) is 14.6. The fourth-order valence-electron chi connectivity index (χ4n) is 2.23. The maximum Gasteiger partial charge on any atom is 0.257 e. The molecule has 1 aliphatic heterocycles. The minimum atomic E-state index is 0.136. The number of benzene rings is 1. The van der Waals surface area contributed by atoms with Crippen molar-refractivity contribution in [1.82, 2.24) is 9.80 Å². The van der Waals surface area contributed by atoms with Gasteiger partial charge in [0.15, 0.2) is 0 Å². The molecule has 98 valence electrons. The van der Waals surface area contributed by atoms with Crippen LogP contribution in [0.4, 0.5) is 5.69 Å². The zero-order valence-corrected chi connectivity index (χ0v) is 11.1. The van der Waals surface area contributed by atoms with Gasteiger partial charge < -0.3 is 15.1 Å². The molecule has 1 aromatic rings. The number of hydrogen-bond donors (Lipinski definition) is 1. The smallest absolute Gasteiger partial charge is 0.257 e. The Bertz CT molecular complexity index is 415. The number of amides is 1. The molecule has 1 aliphatic rings. The summed E-state index contributed by atoms with van der Waals surface area (Å²) in [6, 6.07) is 7.69. The summed E-state index contributed by atoms with van der Waals surface area (Å²) in [4.78, 5) is 16.5. The number of fused-ring (bicyclic) bond motifs is 1. The number of para-hydroxylation sites is 1. The van der Waals surface area contributed by atoms with Gasteiger partial charge in [-0.2, -0.15) is 0 Å². The van der Waals surface area contributed by atoms with Crippen LogP contribution in [-0.4, -0.2) is 48.6 Å². The largest absolute Gasteiger partial charge is 0.367 e. The highest BCUT2D eigenvalue weighted by Gasteiger charge is 2.23. The molecule has 4 nitrogen and oxygen atoms in total. The van der Waals surface area contributed by atoms with Crippen molar-refractivity contribution in [3.63, 3.8) is 0 Å². The Kier molecular flexibility index (Phi) is 4.20. The summed E-state index contributed by atoms with van der Waals surface area (Å²) < 4.78 is 0. The Morgan fingerprint density at radius 1 is 1.28 bits per heavy atom. The molecule has 4 heteroatoms. The van der Waals surface area contributed by atoms with Crippen molar-refractivity contribution in [2.24, 2.45) is 0 Å². The number of nitrogens with zero attached hydrogens (tertiary/aromatic N) is 2. The van der Waals surface area contributed by atoms with E-state index in [0.29, 0.717) is 6.67 Å². The third kappa shape index (κ3) is 2.64. The predicted octanol–water partition coefficient (Wildman–Crippen LogP) is 1.85. The van der Waals surface area contributed by atoms with Gasteiger partial charge in [0, 0.05) is 18.8 Å². The summed E-state index contributed by atoms with van der Waals surface area (Å²) in [5.74, 6) is 0.136. The van der Waals surface area contributed by atoms with Crippen molar-refractivity contribution >= 4 is 11.6 Å². The average molecular weight is 247 g/mol. The molecule has 1 amide bonds. The van der Waals surface area contributed by atoms with E-state index in [1.807, 2.05) is 29.2 Å². The molecule has 0 aromatic heterocycles. The lowest BCUT2D eigenvalue weighted by Gasteiger charge is -2.31. The summed E-state index contributed by atoms with van der Waals surface area (Å²) in [7, 11) is 0. The number of nitrogens with one attached hydrogen (secondary N) is 1. The highest BCUT2D eigenvalue weighted by atomic mass is 16.2. The van der Waals surface area contributed by atoms with Crippen molar-refractivity contribution in [1.29, 1.82) is 0 Å². The second-order valence-corrected chi connectivity index (χ2v) is 4.48. The van der Waals surface area contributed by atoms with Crippen LogP contribution in [0.5, 0.6) is 0 Å². The molecule has 0 fully saturated rings. The quantitative estimate of drug-likeness (QED) is 0.862. The molecule has 1 aromatic carbocycles. The SMILES string of the molecule is CCN(CC)CCN1CNc2ccccc2C1=O. The molecule has 1 N–H and O–H groups in total. The predicted molar refractivity (Wildman–Crippen MR) is 73.8 cm³/mol. The van der Waals surface area contributed by atoms with E-state index < -0.39 is 0 Å². The summed E-state index contributed by atoms with van der Waals surface area (Å²) >= 11 is 0. The van der Waals surface area contributed by atoms with Crippen molar-refractivity contribution < 1.29 is 4.79 Å². The maximum absolute atomic E-state index is 12.3. The molecule has 0 spiro atoms. The standard InChI is InChI=1S/C14H21N3O/c1-3-16(4-2)9-10-17-11-15-13-8-6-5-7-12(13)14(17)18/h5-8,15H,3-4,9-11H2,1-2H3. The van der Waals surface area contributed by atoms with Gasteiger partial charge in [0.2, 0.25) is 0 Å². The van der Waals surface area contributed by atoms with E-state index in [1.165, 1.54) is 0 Å². The molecule has 0 aliphatic carbocycles. The second kappa shape index (κ2) is 5.87. The molecule has 0 saturated heterocycles. The Hall–Kier alpha value is -1.55. The number of carbonyl (C=O) groups is 1. The number of likely N-dealkylation sites (N-methyl/N-ethyl adjacent to an activating group) is 1. The van der Waals surface area contributed by atoms with Gasteiger partial charge in [-0.25, -0.2) is 0 Å². The van der Waals surface area contributed by atoms with Crippen LogP contribution in [0.25, 0.3) is 0 Å². The van der Waals surface area contributed by atoms with Crippen LogP contribution >= 0.6 is 0 Å². The highest BCUT2D eigenvalue weighted by Crippen LogP contribution is 2.21. The van der Waals surface area contributed by atoms with Gasteiger partial charge in [-0.05, 0) is 25.2 Å². The van der Waals surface area contributed by atoms with E-state index in [2.05, 4.69) is 24.1 Å². The zero-order chi connectivity index (χ0) is 13.0. The number of anilines is 1. The Balaban J connectivity index is 1.99. The lowest BCUT2D eigenvalue weighted by Crippen LogP contribution is -2.44. The van der Waals surface area contributed by atoms with Crippen LogP contribution < -0.4 is 5.32 Å². The number of rotatable bonds is 5. The van der Waals surface area contributed by atoms with Crippen LogP contribution in [0.3, 0.4) is 0 Å². The molecular weight excluding hydrogens is 226 g/mol. The molecule has 0 radical (unpaired) electrons. The lowest BCUT2D eigenvalue weighted by molar-refractivity contribution is 0.0740. The van der Waals surface area contributed by atoms with Crippen molar-refractivity contribution in [2.75, 3.05) is 38.2 Å². The topological polar surface area (TPSA) is 35.6 Å². The van der Waals surface area contributed by atoms with Crippen molar-refractivity contribution in [3.05, 3.63) is 29.8 Å². The first-order chi connectivity index (χ1) is 8.76. The Morgan fingerprint density at radius 3 is 2.72 bits per heavy atom. The summed E-state index contributed by atoms with van der Waals surface area (Å²) in [6.45, 7) is 8.68. The third-order valence-electron chi connectivity index (χ3n) is 3.49. The van der Waals surface area contributed by atoms with Gasteiger partial charge >= 0.3 is 0 Å². The van der Waals surface area contributed by atoms with E-state index in [-0.39, 0.29) is 5.91 Å². The molecule has 0 atom stereocenters. The molecular formula is C14H21N3O. The van der Waals surface area contributed by atoms with E-state index >= 15 is 0 Å². The van der Waals surface area contributed by atoms with Gasteiger partial charge in [0.25, 0.3) is 5.91 Å². The summed E-state index contributed by atoms with van der Waals surface area (Å²) in [5, 5.41) is 3.29. The lowest BCUT2D eigenvalue weighted by atomic mass is 10.1. The molecule has 0 bridgehead atoms. The van der Waals surface area contributed by atoms with Crippen LogP contribution in [-0.2, 0) is 0 Å². The second-order valence-electron chi connectivity index (χ2n) is 4.48. The van der Waals surface area contributed by atoms with Gasteiger partial charge in [0.1, 0.15) is 0 Å². The monoisotopic (exact) mass is 247 g/mol. The maximum atomic E-state index is 12.3. The third-order valence-corrected chi connectivity index (χ3v) is 3.49. The van der Waals surface area contributed by atoms with Gasteiger partial charge in [-0.3, -0.25) is 4.79 Å². The fourth-order valence-corrected chi connectivity index (χ4v) is 2.23. The Labute approximate surface area is 109 Å². The molecule has 0 saturated carbocycles. The Morgan fingerprint density at radius 2 is 2.00 bits per heavy atom. The fraction of sp³-hybridized carbons (Fsp3) is 0.500. The summed E-state index contributed by atoms with van der Waals surface area (Å²) in [6.07, 6.45) is 0. The van der Waals surface area contributed by atoms with Crippen LogP contribution in [0, 0.1) is 0 Å². The first kappa shape index (κ1) is 12.9. The highest BCUT2D eigenvalue weighted by molar-refractivity contribution is 6.01. The van der Waals surface area contributed by atoms with Gasteiger partial charge in [0.05, 0.1) is 12.2 Å². The average Bonchev–Trinajstić information content (AvgIpc) is 2.42. The summed E-state index contributed by atoms with van der Waals surface area (Å²) in [5.41, 5.74) is 1.73. The van der Waals surface area contributed by atoms with Crippen molar-refractivity contribution in [3.8, 4) is 0 Å². The van der Waals surface area contributed by atoms with E-state index in [9.17, 15) is 4.79 Å². The van der Waals surface area contributed by atoms with E-state index in [4.69, 9.17) is 0 Å². The van der Waals surface area contributed by atoms with Crippen LogP contribution in [0.1, 0.15) is 24.2 Å². The van der Waals surface area contributed by atoms with Crippen LogP contribution in [0.15, 0.2) is 24.3 Å². The minimum absolute atomic E-state index is 0.136. The number of hydrogen-bond acceptors (Lipinski definition) is 3. The zero-order valence-electron chi connectivity index (χ0n) is 11.1.